The van der Waals surface area contributed by atoms with Crippen LogP contribution in [0.4, 0.5) is 4.79 Å². The molecule has 0 bridgehead atoms. The summed E-state index contributed by atoms with van der Waals surface area (Å²) in [7, 11) is 0. The first-order chi connectivity index (χ1) is 12.5. The molecule has 8 heteroatoms. The second kappa shape index (κ2) is 8.17. The average molecular weight is 384 g/mol. The Morgan fingerprint density at radius 2 is 2.04 bits per heavy atom. The third kappa shape index (κ3) is 3.86. The van der Waals surface area contributed by atoms with Gasteiger partial charge in [-0.3, -0.25) is 14.9 Å². The molecule has 2 aliphatic heterocycles. The Morgan fingerprint density at radius 3 is 2.65 bits per heavy atom. The number of carbonyl (C=O) groups excluding carboxylic acids is 3. The van der Waals surface area contributed by atoms with Crippen LogP contribution in [0.5, 0.6) is 0 Å². The average Bonchev–Trinajstić information content (AvgIpc) is 3.13. The number of amides is 3. The highest BCUT2D eigenvalue weighted by atomic mass is 32.2. The molecule has 0 aromatic heterocycles. The zero-order chi connectivity index (χ0) is 18.7. The number of hydrogen-bond donors (Lipinski definition) is 2. The maximum atomic E-state index is 12.5. The van der Waals surface area contributed by atoms with E-state index in [9.17, 15) is 19.5 Å². The molecule has 1 saturated carbocycles. The van der Waals surface area contributed by atoms with Crippen molar-refractivity contribution in [2.24, 2.45) is 5.92 Å². The summed E-state index contributed by atoms with van der Waals surface area (Å²) >= 11 is 1.02. The predicted octanol–water partition coefficient (Wildman–Crippen LogP) is 2.37. The quantitative estimate of drug-likeness (QED) is 0.517. The molecule has 26 heavy (non-hydrogen) atoms. The molecule has 0 spiro atoms. The monoisotopic (exact) mass is 384 g/mol. The van der Waals surface area contributed by atoms with E-state index in [0.717, 1.165) is 44.1 Å². The molecule has 2 saturated heterocycles. The van der Waals surface area contributed by atoms with Gasteiger partial charge in [0.15, 0.2) is 0 Å². The normalized spacial score (nSPS) is 31.2. The van der Waals surface area contributed by atoms with Crippen LogP contribution in [-0.4, -0.2) is 51.4 Å². The van der Waals surface area contributed by atoms with Gasteiger partial charge in [0.2, 0.25) is 0 Å². The number of aliphatic hydroxyl groups is 1. The molecule has 2 heterocycles. The Kier molecular flexibility index (Phi) is 6.12. The van der Waals surface area contributed by atoms with Gasteiger partial charge >= 0.3 is 12.0 Å². The third-order valence-corrected chi connectivity index (χ3v) is 7.00. The Bertz CT molecular complexity index is 566. The lowest BCUT2D eigenvalue weighted by atomic mass is 9.84. The largest absolute Gasteiger partial charge is 0.393 e. The molecule has 3 fully saturated rings. The Labute approximate surface area is 158 Å². The van der Waals surface area contributed by atoms with E-state index in [4.69, 9.17) is 4.18 Å². The Morgan fingerprint density at radius 1 is 1.31 bits per heavy atom. The molecule has 3 rings (SSSR count). The summed E-state index contributed by atoms with van der Waals surface area (Å²) < 4.78 is 4.36. The smallest absolute Gasteiger partial charge is 0.324 e. The molecule has 3 amide bonds. The maximum absolute atomic E-state index is 12.5. The first-order valence-corrected chi connectivity index (χ1v) is 10.4. The molecule has 3 unspecified atom stereocenters. The third-order valence-electron chi connectivity index (χ3n) is 5.83. The molecule has 2 N–H and O–H groups in total. The molecular weight excluding hydrogens is 356 g/mol. The van der Waals surface area contributed by atoms with Crippen molar-refractivity contribution in [3.63, 3.8) is 0 Å². The fraction of sp³-hybridized carbons (Fsp3) is 0.833. The minimum Gasteiger partial charge on any atom is -0.393 e. The van der Waals surface area contributed by atoms with Crippen LogP contribution in [0, 0.1) is 5.92 Å². The minimum atomic E-state index is -0.738. The fourth-order valence-corrected chi connectivity index (χ4v) is 5.66. The van der Waals surface area contributed by atoms with Crippen molar-refractivity contribution in [3.05, 3.63) is 0 Å². The van der Waals surface area contributed by atoms with Crippen LogP contribution in [0.1, 0.15) is 64.7 Å². The lowest BCUT2D eigenvalue weighted by Crippen LogP contribution is -2.51. The Balaban J connectivity index is 1.70. The number of hydrogen-bond acceptors (Lipinski definition) is 6. The highest BCUT2D eigenvalue weighted by Gasteiger charge is 2.57. The maximum Gasteiger partial charge on any atom is 0.324 e. The number of imide groups is 1. The molecule has 3 atom stereocenters. The molecule has 7 nitrogen and oxygen atoms in total. The topological polar surface area (TPSA) is 95.9 Å². The van der Waals surface area contributed by atoms with Gasteiger partial charge in [-0.05, 0) is 31.6 Å². The van der Waals surface area contributed by atoms with Crippen molar-refractivity contribution in [1.29, 1.82) is 0 Å². The second-order valence-electron chi connectivity index (χ2n) is 7.67. The number of carbonyl (C=O) groups is 3. The van der Waals surface area contributed by atoms with Gasteiger partial charge in [0, 0.05) is 6.54 Å². The van der Waals surface area contributed by atoms with E-state index in [-0.39, 0.29) is 24.2 Å². The number of rotatable bonds is 7. The lowest BCUT2D eigenvalue weighted by Gasteiger charge is -2.35. The van der Waals surface area contributed by atoms with E-state index in [1.165, 1.54) is 11.3 Å². The molecular formula is C18H28N2O5S. The van der Waals surface area contributed by atoms with Crippen LogP contribution >= 0.6 is 12.0 Å². The van der Waals surface area contributed by atoms with E-state index < -0.39 is 22.9 Å². The first-order valence-electron chi connectivity index (χ1n) is 9.65. The summed E-state index contributed by atoms with van der Waals surface area (Å²) in [6, 6.07) is -1.17. The number of nitrogens with one attached hydrogen (secondary N) is 1. The van der Waals surface area contributed by atoms with Crippen LogP contribution in [0.15, 0.2) is 0 Å². The molecule has 146 valence electrons. The van der Waals surface area contributed by atoms with Crippen LogP contribution in [0.3, 0.4) is 0 Å². The summed E-state index contributed by atoms with van der Waals surface area (Å²) in [5.74, 6) is -0.446. The molecule has 0 radical (unpaired) electrons. The minimum absolute atomic E-state index is 0.124. The molecule has 0 aromatic rings. The van der Waals surface area contributed by atoms with Gasteiger partial charge in [0.25, 0.3) is 5.91 Å². The van der Waals surface area contributed by atoms with Crippen molar-refractivity contribution in [2.75, 3.05) is 6.54 Å². The van der Waals surface area contributed by atoms with Crippen LogP contribution in [-0.2, 0) is 13.8 Å². The highest BCUT2D eigenvalue weighted by Crippen LogP contribution is 2.46. The molecule has 1 aliphatic carbocycles. The standard InChI is InChI=1S/C18H28N2O5S/c1-2-9-18(11-14(22)25-26-18)15-16(23)19-17(24)20(15)10-8-13(21)12-6-4-3-5-7-12/h12-13,15,21H,2-11H2,1H3,(H,19,23,24). The van der Waals surface area contributed by atoms with Gasteiger partial charge in [-0.2, -0.15) is 0 Å². The fourth-order valence-electron chi connectivity index (χ4n) is 4.55. The molecule has 0 aromatic carbocycles. The van der Waals surface area contributed by atoms with Crippen molar-refractivity contribution >= 4 is 30.0 Å². The number of urea groups is 1. The van der Waals surface area contributed by atoms with Crippen LogP contribution < -0.4 is 5.32 Å². The second-order valence-corrected chi connectivity index (χ2v) is 8.82. The zero-order valence-electron chi connectivity index (χ0n) is 15.2. The van der Waals surface area contributed by atoms with Gasteiger partial charge in [0.05, 0.1) is 29.3 Å². The summed E-state index contributed by atoms with van der Waals surface area (Å²) in [4.78, 5) is 38.1. The van der Waals surface area contributed by atoms with E-state index in [0.29, 0.717) is 19.4 Å². The van der Waals surface area contributed by atoms with Crippen molar-refractivity contribution < 1.29 is 23.7 Å². The Hall–Kier alpha value is -1.28. The van der Waals surface area contributed by atoms with Crippen molar-refractivity contribution in [2.45, 2.75) is 81.6 Å². The van der Waals surface area contributed by atoms with Gasteiger partial charge < -0.3 is 14.2 Å². The summed E-state index contributed by atoms with van der Waals surface area (Å²) in [5.41, 5.74) is 0. The predicted molar refractivity (Wildman–Crippen MR) is 97.2 cm³/mol. The number of nitrogens with zero attached hydrogens (tertiary/aromatic N) is 1. The van der Waals surface area contributed by atoms with Crippen LogP contribution in [0.2, 0.25) is 0 Å². The lowest BCUT2D eigenvalue weighted by molar-refractivity contribution is -0.132. The van der Waals surface area contributed by atoms with Crippen molar-refractivity contribution in [1.82, 2.24) is 10.2 Å². The molecule has 3 aliphatic rings. The SMILES string of the molecule is CCCC1(C2C(=O)NC(=O)N2CCC(O)C2CCCCC2)CC(=O)OS1. The highest BCUT2D eigenvalue weighted by molar-refractivity contribution is 7.97. The summed E-state index contributed by atoms with van der Waals surface area (Å²) in [6.45, 7) is 2.29. The summed E-state index contributed by atoms with van der Waals surface area (Å²) in [5, 5.41) is 12.9. The van der Waals surface area contributed by atoms with E-state index in [1.54, 1.807) is 0 Å². The van der Waals surface area contributed by atoms with Gasteiger partial charge in [-0.25, -0.2) is 4.79 Å². The van der Waals surface area contributed by atoms with Gasteiger partial charge in [0.1, 0.15) is 6.04 Å². The zero-order valence-corrected chi connectivity index (χ0v) is 16.1. The van der Waals surface area contributed by atoms with Crippen molar-refractivity contribution in [3.8, 4) is 0 Å². The van der Waals surface area contributed by atoms with Gasteiger partial charge in [-0.1, -0.05) is 32.6 Å². The van der Waals surface area contributed by atoms with Gasteiger partial charge in [-0.15, -0.1) is 0 Å². The van der Waals surface area contributed by atoms with E-state index in [2.05, 4.69) is 5.32 Å². The summed E-state index contributed by atoms with van der Waals surface area (Å²) in [6.07, 6.45) is 7.04. The van der Waals surface area contributed by atoms with E-state index >= 15 is 0 Å². The number of aliphatic hydroxyl groups excluding tert-OH is 1. The first kappa shape index (κ1) is 19.5. The van der Waals surface area contributed by atoms with Crippen LogP contribution in [0.25, 0.3) is 0 Å². The van der Waals surface area contributed by atoms with E-state index in [1.807, 2.05) is 6.92 Å².